The third kappa shape index (κ3) is 2.82. The Morgan fingerprint density at radius 1 is 1.57 bits per heavy atom. The van der Waals surface area contributed by atoms with Crippen LogP contribution in [0.3, 0.4) is 0 Å². The number of rotatable bonds is 3. The Kier molecular flexibility index (Phi) is 3.66. The molecular weight excluding hydrogens is 198 g/mol. The highest BCUT2D eigenvalue weighted by molar-refractivity contribution is 7.85. The van der Waals surface area contributed by atoms with E-state index in [2.05, 4.69) is 0 Å². The summed E-state index contributed by atoms with van der Waals surface area (Å²) in [5.74, 6) is 0.254. The molecule has 0 bridgehead atoms. The second kappa shape index (κ2) is 4.57. The van der Waals surface area contributed by atoms with Crippen molar-refractivity contribution in [2.75, 3.05) is 11.5 Å². The van der Waals surface area contributed by atoms with Crippen LogP contribution in [0.5, 0.6) is 0 Å². The summed E-state index contributed by atoms with van der Waals surface area (Å²) in [6.45, 7) is 3.51. The van der Waals surface area contributed by atoms with Gasteiger partial charge in [0, 0.05) is 10.6 Å². The molecule has 1 rings (SSSR count). The Balaban J connectivity index is 2.94. The van der Waals surface area contributed by atoms with Crippen LogP contribution in [0.15, 0.2) is 23.1 Å². The highest BCUT2D eigenvalue weighted by Gasteiger charge is 2.10. The van der Waals surface area contributed by atoms with Crippen LogP contribution < -0.4 is 5.73 Å². The highest BCUT2D eigenvalue weighted by Crippen LogP contribution is 2.17. The van der Waals surface area contributed by atoms with Crippen LogP contribution in [-0.4, -0.2) is 21.2 Å². The lowest BCUT2D eigenvalue weighted by molar-refractivity contribution is 0.219. The maximum absolute atomic E-state index is 11.7. The van der Waals surface area contributed by atoms with Crippen molar-refractivity contribution in [3.8, 4) is 0 Å². The fourth-order valence-electron chi connectivity index (χ4n) is 1.17. The van der Waals surface area contributed by atoms with Crippen molar-refractivity contribution in [3.05, 3.63) is 23.8 Å². The van der Waals surface area contributed by atoms with Gasteiger partial charge in [0.05, 0.1) is 22.7 Å². The topological polar surface area (TPSA) is 63.3 Å². The molecule has 0 spiro atoms. The van der Waals surface area contributed by atoms with Crippen LogP contribution in [0.25, 0.3) is 0 Å². The maximum atomic E-state index is 11.7. The van der Waals surface area contributed by atoms with E-state index < -0.39 is 16.9 Å². The first kappa shape index (κ1) is 11.2. The third-order valence-electron chi connectivity index (χ3n) is 1.85. The SMILES string of the molecule is Cc1ccc(N)cc1S(=O)CC(C)O. The van der Waals surface area contributed by atoms with Gasteiger partial charge in [0.2, 0.25) is 0 Å². The van der Waals surface area contributed by atoms with Gasteiger partial charge in [-0.2, -0.15) is 0 Å². The monoisotopic (exact) mass is 213 g/mol. The fraction of sp³-hybridized carbons (Fsp3) is 0.400. The molecule has 0 aliphatic heterocycles. The lowest BCUT2D eigenvalue weighted by atomic mass is 10.2. The lowest BCUT2D eigenvalue weighted by Gasteiger charge is -2.08. The van der Waals surface area contributed by atoms with Crippen molar-refractivity contribution < 1.29 is 9.32 Å². The Morgan fingerprint density at radius 2 is 2.21 bits per heavy atom. The smallest absolute Gasteiger partial charge is 0.0630 e. The van der Waals surface area contributed by atoms with Crippen LogP contribution in [0.2, 0.25) is 0 Å². The first-order valence-corrected chi connectivity index (χ1v) is 5.75. The van der Waals surface area contributed by atoms with Gasteiger partial charge in [-0.15, -0.1) is 0 Å². The molecule has 1 aromatic rings. The van der Waals surface area contributed by atoms with Crippen LogP contribution in [0, 0.1) is 6.92 Å². The van der Waals surface area contributed by atoms with Gasteiger partial charge >= 0.3 is 0 Å². The van der Waals surface area contributed by atoms with Gasteiger partial charge in [0.15, 0.2) is 0 Å². The Hall–Kier alpha value is -0.870. The number of benzene rings is 1. The van der Waals surface area contributed by atoms with Crippen molar-refractivity contribution in [3.63, 3.8) is 0 Å². The van der Waals surface area contributed by atoms with Gasteiger partial charge in [0.25, 0.3) is 0 Å². The van der Waals surface area contributed by atoms with Crippen molar-refractivity contribution in [1.29, 1.82) is 0 Å². The van der Waals surface area contributed by atoms with Crippen molar-refractivity contribution >= 4 is 16.5 Å². The summed E-state index contributed by atoms with van der Waals surface area (Å²) in [7, 11) is -1.17. The van der Waals surface area contributed by atoms with Gasteiger partial charge in [-0.3, -0.25) is 4.21 Å². The standard InChI is InChI=1S/C10H15NO2S/c1-7-3-4-9(11)5-10(7)14(13)6-8(2)12/h3-5,8,12H,6,11H2,1-2H3. The Morgan fingerprint density at radius 3 is 2.79 bits per heavy atom. The van der Waals surface area contributed by atoms with Crippen LogP contribution >= 0.6 is 0 Å². The number of nitrogens with two attached hydrogens (primary N) is 1. The zero-order valence-corrected chi connectivity index (χ0v) is 9.17. The average Bonchev–Trinajstić information content (AvgIpc) is 2.08. The Bertz CT molecular complexity index is 350. The molecule has 78 valence electrons. The molecule has 2 atom stereocenters. The van der Waals surface area contributed by atoms with E-state index in [1.165, 1.54) is 0 Å². The van der Waals surface area contributed by atoms with Crippen LogP contribution in [0.4, 0.5) is 5.69 Å². The minimum Gasteiger partial charge on any atom is -0.399 e. The minimum absolute atomic E-state index is 0.254. The lowest BCUT2D eigenvalue weighted by Crippen LogP contribution is -2.13. The Labute approximate surface area is 86.4 Å². The molecule has 14 heavy (non-hydrogen) atoms. The van der Waals surface area contributed by atoms with Gasteiger partial charge in [0.1, 0.15) is 0 Å². The number of aliphatic hydroxyl groups excluding tert-OH is 1. The number of aliphatic hydroxyl groups is 1. The minimum atomic E-state index is -1.17. The quantitative estimate of drug-likeness (QED) is 0.738. The van der Waals surface area contributed by atoms with E-state index in [4.69, 9.17) is 10.8 Å². The number of nitrogen functional groups attached to an aromatic ring is 1. The van der Waals surface area contributed by atoms with Crippen LogP contribution in [-0.2, 0) is 10.8 Å². The molecule has 0 aliphatic carbocycles. The first-order valence-electron chi connectivity index (χ1n) is 4.43. The van der Waals surface area contributed by atoms with Gasteiger partial charge in [-0.05, 0) is 31.5 Å². The van der Waals surface area contributed by atoms with Crippen LogP contribution in [0.1, 0.15) is 12.5 Å². The van der Waals surface area contributed by atoms with E-state index in [0.29, 0.717) is 10.6 Å². The summed E-state index contributed by atoms with van der Waals surface area (Å²) in [5.41, 5.74) is 7.14. The van der Waals surface area contributed by atoms with E-state index in [1.807, 2.05) is 13.0 Å². The molecule has 0 saturated heterocycles. The molecule has 0 heterocycles. The molecule has 2 unspecified atom stereocenters. The van der Waals surface area contributed by atoms with E-state index in [1.54, 1.807) is 19.1 Å². The molecule has 1 aromatic carbocycles. The summed E-state index contributed by atoms with van der Waals surface area (Å²) in [4.78, 5) is 0.714. The molecule has 0 aliphatic rings. The molecule has 3 nitrogen and oxygen atoms in total. The fourth-order valence-corrected chi connectivity index (χ4v) is 2.48. The third-order valence-corrected chi connectivity index (χ3v) is 3.57. The van der Waals surface area contributed by atoms with Gasteiger partial charge in [-0.1, -0.05) is 6.07 Å². The highest BCUT2D eigenvalue weighted by atomic mass is 32.2. The van der Waals surface area contributed by atoms with E-state index >= 15 is 0 Å². The number of anilines is 1. The molecular formula is C10H15NO2S. The van der Waals surface area contributed by atoms with Crippen molar-refractivity contribution in [1.82, 2.24) is 0 Å². The molecule has 0 saturated carbocycles. The molecule has 0 fully saturated rings. The average molecular weight is 213 g/mol. The second-order valence-electron chi connectivity index (χ2n) is 3.39. The van der Waals surface area contributed by atoms with Crippen molar-refractivity contribution in [2.24, 2.45) is 0 Å². The van der Waals surface area contributed by atoms with E-state index in [-0.39, 0.29) is 5.75 Å². The molecule has 3 N–H and O–H groups in total. The second-order valence-corrected chi connectivity index (χ2v) is 4.85. The molecule has 4 heteroatoms. The normalized spacial score (nSPS) is 15.1. The number of hydrogen-bond acceptors (Lipinski definition) is 3. The maximum Gasteiger partial charge on any atom is 0.0630 e. The van der Waals surface area contributed by atoms with E-state index in [0.717, 1.165) is 5.56 Å². The van der Waals surface area contributed by atoms with Crippen molar-refractivity contribution in [2.45, 2.75) is 24.8 Å². The van der Waals surface area contributed by atoms with Gasteiger partial charge in [-0.25, -0.2) is 0 Å². The summed E-state index contributed by atoms with van der Waals surface area (Å²) in [6, 6.07) is 5.32. The summed E-state index contributed by atoms with van der Waals surface area (Å²) in [6.07, 6.45) is -0.559. The molecule has 0 amide bonds. The predicted molar refractivity (Wildman–Crippen MR) is 58.5 cm³/mol. The zero-order valence-electron chi connectivity index (χ0n) is 8.36. The predicted octanol–water partition coefficient (Wildman–Crippen LogP) is 1.07. The number of hydrogen-bond donors (Lipinski definition) is 2. The zero-order chi connectivity index (χ0) is 10.7. The summed E-state index contributed by atoms with van der Waals surface area (Å²) >= 11 is 0. The summed E-state index contributed by atoms with van der Waals surface area (Å²) < 4.78 is 11.7. The largest absolute Gasteiger partial charge is 0.399 e. The summed E-state index contributed by atoms with van der Waals surface area (Å²) in [5, 5.41) is 9.12. The first-order chi connectivity index (χ1) is 6.50. The molecule has 0 radical (unpaired) electrons. The number of aryl methyl sites for hydroxylation is 1. The van der Waals surface area contributed by atoms with E-state index in [9.17, 15) is 4.21 Å². The van der Waals surface area contributed by atoms with Gasteiger partial charge < -0.3 is 10.8 Å². The molecule has 0 aromatic heterocycles.